The van der Waals surface area contributed by atoms with Crippen LogP contribution < -0.4 is 5.32 Å². The predicted octanol–water partition coefficient (Wildman–Crippen LogP) is 3.93. The molecule has 1 nitrogen and oxygen atoms in total. The Morgan fingerprint density at radius 3 is 2.56 bits per heavy atom. The fourth-order valence-corrected chi connectivity index (χ4v) is 2.94. The van der Waals surface area contributed by atoms with Gasteiger partial charge in [0.15, 0.2) is 0 Å². The van der Waals surface area contributed by atoms with E-state index in [1.165, 1.54) is 18.4 Å². The van der Waals surface area contributed by atoms with Crippen LogP contribution in [-0.4, -0.2) is 13.1 Å². The first-order valence-corrected chi connectivity index (χ1v) is 6.55. The molecule has 0 amide bonds. The van der Waals surface area contributed by atoms with Gasteiger partial charge in [-0.2, -0.15) is 0 Å². The predicted molar refractivity (Wildman–Crippen MR) is 70.4 cm³/mol. The normalized spacial score (nSPS) is 18.2. The van der Waals surface area contributed by atoms with Crippen LogP contribution in [-0.2, 0) is 6.42 Å². The van der Waals surface area contributed by atoms with Gasteiger partial charge >= 0.3 is 0 Å². The molecule has 1 N–H and O–H groups in total. The molecule has 1 aromatic carbocycles. The number of rotatable bonds is 4. The SMILES string of the molecule is CCCC1(Cc2ccc(Cl)cc2Cl)CNC1. The van der Waals surface area contributed by atoms with E-state index in [0.717, 1.165) is 24.5 Å². The number of halogens is 2. The molecule has 0 aromatic heterocycles. The highest BCUT2D eigenvalue weighted by molar-refractivity contribution is 6.35. The number of benzene rings is 1. The molecule has 16 heavy (non-hydrogen) atoms. The van der Waals surface area contributed by atoms with E-state index in [4.69, 9.17) is 23.2 Å². The highest BCUT2D eigenvalue weighted by Gasteiger charge is 2.36. The van der Waals surface area contributed by atoms with Crippen molar-refractivity contribution in [3.05, 3.63) is 33.8 Å². The molecule has 1 aliphatic rings. The lowest BCUT2D eigenvalue weighted by Gasteiger charge is -2.43. The Hall–Kier alpha value is -0.240. The minimum absolute atomic E-state index is 0.423. The van der Waals surface area contributed by atoms with E-state index in [0.29, 0.717) is 10.4 Å². The first-order chi connectivity index (χ1) is 7.65. The Labute approximate surface area is 107 Å². The molecule has 3 heteroatoms. The molecule has 0 unspecified atom stereocenters. The van der Waals surface area contributed by atoms with Crippen molar-refractivity contribution in [2.45, 2.75) is 26.2 Å². The summed E-state index contributed by atoms with van der Waals surface area (Å²) >= 11 is 12.1. The topological polar surface area (TPSA) is 12.0 Å². The van der Waals surface area contributed by atoms with Crippen molar-refractivity contribution in [3.63, 3.8) is 0 Å². The van der Waals surface area contributed by atoms with Gasteiger partial charge in [0.25, 0.3) is 0 Å². The zero-order valence-corrected chi connectivity index (χ0v) is 11.0. The monoisotopic (exact) mass is 257 g/mol. The molecule has 0 bridgehead atoms. The molecule has 0 aliphatic carbocycles. The average molecular weight is 258 g/mol. The number of hydrogen-bond acceptors (Lipinski definition) is 1. The fourth-order valence-electron chi connectivity index (χ4n) is 2.47. The largest absolute Gasteiger partial charge is 0.316 e. The van der Waals surface area contributed by atoms with Gasteiger partial charge in [-0.25, -0.2) is 0 Å². The molecule has 1 aromatic rings. The number of nitrogens with one attached hydrogen (secondary N) is 1. The van der Waals surface area contributed by atoms with Gasteiger partial charge in [0.05, 0.1) is 0 Å². The van der Waals surface area contributed by atoms with E-state index in [-0.39, 0.29) is 0 Å². The van der Waals surface area contributed by atoms with Gasteiger partial charge in [-0.1, -0.05) is 42.6 Å². The molecule has 0 atom stereocenters. The third-order valence-corrected chi connectivity index (χ3v) is 3.95. The summed E-state index contributed by atoms with van der Waals surface area (Å²) < 4.78 is 0. The van der Waals surface area contributed by atoms with Crippen LogP contribution in [0.1, 0.15) is 25.3 Å². The van der Waals surface area contributed by atoms with Crippen LogP contribution >= 0.6 is 23.2 Å². The Morgan fingerprint density at radius 2 is 2.06 bits per heavy atom. The maximum atomic E-state index is 6.21. The molecular formula is C13H17Cl2N. The van der Waals surface area contributed by atoms with Gasteiger partial charge in [-0.3, -0.25) is 0 Å². The second kappa shape index (κ2) is 4.95. The fraction of sp³-hybridized carbons (Fsp3) is 0.538. The highest BCUT2D eigenvalue weighted by atomic mass is 35.5. The van der Waals surface area contributed by atoms with Gasteiger partial charge in [-0.15, -0.1) is 0 Å². The summed E-state index contributed by atoms with van der Waals surface area (Å²) in [5, 5.41) is 4.88. The van der Waals surface area contributed by atoms with Crippen molar-refractivity contribution in [1.82, 2.24) is 5.32 Å². The van der Waals surface area contributed by atoms with Crippen molar-refractivity contribution < 1.29 is 0 Å². The van der Waals surface area contributed by atoms with Crippen LogP contribution in [0.15, 0.2) is 18.2 Å². The Morgan fingerprint density at radius 1 is 1.31 bits per heavy atom. The summed E-state index contributed by atoms with van der Waals surface area (Å²) in [6.07, 6.45) is 3.55. The molecule has 0 radical (unpaired) electrons. The first kappa shape index (κ1) is 12.2. The summed E-state index contributed by atoms with van der Waals surface area (Å²) in [6, 6.07) is 5.82. The van der Waals surface area contributed by atoms with E-state index >= 15 is 0 Å². The smallest absolute Gasteiger partial charge is 0.0453 e. The summed E-state index contributed by atoms with van der Waals surface area (Å²) in [5.74, 6) is 0. The number of hydrogen-bond donors (Lipinski definition) is 1. The van der Waals surface area contributed by atoms with Crippen LogP contribution in [0.25, 0.3) is 0 Å². The highest BCUT2D eigenvalue weighted by Crippen LogP contribution is 2.35. The Balaban J connectivity index is 2.13. The second-order valence-corrected chi connectivity index (χ2v) is 5.61. The quantitative estimate of drug-likeness (QED) is 0.862. The van der Waals surface area contributed by atoms with Crippen LogP contribution in [0.4, 0.5) is 0 Å². The minimum Gasteiger partial charge on any atom is -0.316 e. The lowest BCUT2D eigenvalue weighted by Crippen LogP contribution is -2.54. The molecule has 1 aliphatic heterocycles. The van der Waals surface area contributed by atoms with Crippen LogP contribution in [0.2, 0.25) is 10.0 Å². The van der Waals surface area contributed by atoms with Crippen molar-refractivity contribution in [2.75, 3.05) is 13.1 Å². The van der Waals surface area contributed by atoms with Gasteiger partial charge in [0.1, 0.15) is 0 Å². The second-order valence-electron chi connectivity index (χ2n) is 4.77. The summed E-state index contributed by atoms with van der Waals surface area (Å²) in [7, 11) is 0. The molecule has 1 heterocycles. The minimum atomic E-state index is 0.423. The van der Waals surface area contributed by atoms with E-state index in [1.807, 2.05) is 12.1 Å². The summed E-state index contributed by atoms with van der Waals surface area (Å²) in [4.78, 5) is 0. The molecule has 0 saturated carbocycles. The average Bonchev–Trinajstić information content (AvgIpc) is 2.18. The van der Waals surface area contributed by atoms with Crippen LogP contribution in [0, 0.1) is 5.41 Å². The molecule has 1 fully saturated rings. The van der Waals surface area contributed by atoms with Crippen molar-refractivity contribution in [3.8, 4) is 0 Å². The van der Waals surface area contributed by atoms with E-state index in [1.54, 1.807) is 0 Å². The molecule has 0 spiro atoms. The standard InChI is InChI=1S/C13H17Cl2N/c1-2-5-13(8-16-9-13)7-10-3-4-11(14)6-12(10)15/h3-4,6,16H,2,5,7-9H2,1H3. The Kier molecular flexibility index (Phi) is 3.78. The molecule has 2 rings (SSSR count). The molecule has 1 saturated heterocycles. The van der Waals surface area contributed by atoms with E-state index in [2.05, 4.69) is 18.3 Å². The van der Waals surface area contributed by atoms with E-state index < -0.39 is 0 Å². The van der Waals surface area contributed by atoms with Gasteiger partial charge in [0.2, 0.25) is 0 Å². The van der Waals surface area contributed by atoms with Gasteiger partial charge in [-0.05, 0) is 36.0 Å². The molecule has 88 valence electrons. The van der Waals surface area contributed by atoms with Crippen molar-refractivity contribution >= 4 is 23.2 Å². The zero-order valence-electron chi connectivity index (χ0n) is 9.52. The van der Waals surface area contributed by atoms with E-state index in [9.17, 15) is 0 Å². The van der Waals surface area contributed by atoms with Crippen LogP contribution in [0.3, 0.4) is 0 Å². The summed E-state index contributed by atoms with van der Waals surface area (Å²) in [5.41, 5.74) is 1.65. The summed E-state index contributed by atoms with van der Waals surface area (Å²) in [6.45, 7) is 4.46. The van der Waals surface area contributed by atoms with Gasteiger partial charge < -0.3 is 5.32 Å². The van der Waals surface area contributed by atoms with Gasteiger partial charge in [0, 0.05) is 23.1 Å². The molecular weight excluding hydrogens is 241 g/mol. The Bertz CT molecular complexity index is 372. The van der Waals surface area contributed by atoms with Crippen molar-refractivity contribution in [2.24, 2.45) is 5.41 Å². The third kappa shape index (κ3) is 2.53. The van der Waals surface area contributed by atoms with Crippen LogP contribution in [0.5, 0.6) is 0 Å². The lowest BCUT2D eigenvalue weighted by atomic mass is 9.73. The lowest BCUT2D eigenvalue weighted by molar-refractivity contribution is 0.151. The zero-order chi connectivity index (χ0) is 11.6. The van der Waals surface area contributed by atoms with Crippen molar-refractivity contribution in [1.29, 1.82) is 0 Å². The maximum absolute atomic E-state index is 6.21. The third-order valence-electron chi connectivity index (χ3n) is 3.36. The maximum Gasteiger partial charge on any atom is 0.0453 e. The first-order valence-electron chi connectivity index (χ1n) is 5.80.